The van der Waals surface area contributed by atoms with Crippen LogP contribution in [0.15, 0.2) is 24.3 Å². The van der Waals surface area contributed by atoms with Gasteiger partial charge in [0, 0.05) is 16.3 Å². The summed E-state index contributed by atoms with van der Waals surface area (Å²) >= 11 is 0. The molecular formula is C25H43N3. The first-order chi connectivity index (χ1) is 12.4. The van der Waals surface area contributed by atoms with Gasteiger partial charge >= 0.3 is 0 Å². The van der Waals surface area contributed by atoms with Crippen LogP contribution in [0.25, 0.3) is 10.9 Å². The van der Waals surface area contributed by atoms with E-state index >= 15 is 0 Å². The Morgan fingerprint density at radius 2 is 1.29 bits per heavy atom. The molecular weight excluding hydrogens is 342 g/mol. The topological polar surface area (TPSA) is 21.1 Å². The fraction of sp³-hybridized carbons (Fsp3) is 0.720. The molecule has 0 aliphatic rings. The number of benzene rings is 1. The minimum absolute atomic E-state index is 0.000921. The van der Waals surface area contributed by atoms with E-state index < -0.39 is 0 Å². The number of fused-ring (bicyclic) bond motifs is 1. The van der Waals surface area contributed by atoms with Gasteiger partial charge < -0.3 is 4.90 Å². The fourth-order valence-corrected chi connectivity index (χ4v) is 3.89. The second kappa shape index (κ2) is 6.58. The predicted molar refractivity (Wildman–Crippen MR) is 123 cm³/mol. The highest BCUT2D eigenvalue weighted by Crippen LogP contribution is 2.51. The maximum Gasteiger partial charge on any atom is 0.0765 e. The zero-order valence-corrected chi connectivity index (χ0v) is 20.7. The van der Waals surface area contributed by atoms with Crippen LogP contribution in [0.1, 0.15) is 81.9 Å². The number of para-hydroxylation sites is 1. The molecule has 0 aliphatic carbocycles. The lowest BCUT2D eigenvalue weighted by Gasteiger charge is -2.54. The van der Waals surface area contributed by atoms with Crippen LogP contribution in [0, 0.1) is 10.8 Å². The monoisotopic (exact) mass is 385 g/mol. The van der Waals surface area contributed by atoms with Crippen molar-refractivity contribution in [3.05, 3.63) is 30.0 Å². The van der Waals surface area contributed by atoms with Crippen LogP contribution >= 0.6 is 0 Å². The Labute approximate surface area is 173 Å². The first kappa shape index (κ1) is 22.9. The lowest BCUT2D eigenvalue weighted by Crippen LogP contribution is -2.58. The molecule has 0 saturated carbocycles. The van der Waals surface area contributed by atoms with Crippen molar-refractivity contribution in [2.75, 3.05) is 14.1 Å². The minimum Gasteiger partial charge on any atom is -0.304 e. The van der Waals surface area contributed by atoms with E-state index in [-0.39, 0.29) is 27.3 Å². The summed E-state index contributed by atoms with van der Waals surface area (Å²) in [6.45, 7) is 25.7. The van der Waals surface area contributed by atoms with Gasteiger partial charge in [0.1, 0.15) is 0 Å². The van der Waals surface area contributed by atoms with Gasteiger partial charge in [0.25, 0.3) is 0 Å². The number of aromatic nitrogens is 2. The van der Waals surface area contributed by atoms with Crippen molar-refractivity contribution in [2.45, 2.75) is 92.7 Å². The maximum atomic E-state index is 5.34. The van der Waals surface area contributed by atoms with Crippen molar-refractivity contribution in [1.29, 1.82) is 0 Å². The molecule has 0 fully saturated rings. The molecule has 0 aliphatic heterocycles. The number of rotatable bonds is 5. The fourth-order valence-electron chi connectivity index (χ4n) is 3.89. The van der Waals surface area contributed by atoms with Crippen molar-refractivity contribution in [2.24, 2.45) is 10.8 Å². The SMILES string of the molecule is CN(C)C(C)(C)C(C)(C)C(C)(C)c1nn(C(C)(C)C(C)(C)C)c2ccccc12. The molecule has 0 N–H and O–H groups in total. The Balaban J connectivity index is 2.82. The molecule has 3 nitrogen and oxygen atoms in total. The molecule has 3 heteroatoms. The van der Waals surface area contributed by atoms with Crippen LogP contribution in [-0.4, -0.2) is 34.3 Å². The summed E-state index contributed by atoms with van der Waals surface area (Å²) in [5.41, 5.74) is 2.26. The summed E-state index contributed by atoms with van der Waals surface area (Å²) in [6.07, 6.45) is 0. The highest BCUT2D eigenvalue weighted by molar-refractivity contribution is 5.83. The van der Waals surface area contributed by atoms with Crippen molar-refractivity contribution in [3.8, 4) is 0 Å². The standard InChI is InChI=1S/C25H43N3/c1-21(2,3)24(8,9)28-19-17-15-14-16-18(19)20(26-28)22(4,5)23(6,7)25(10,11)27(12)13/h14-17H,1-13H3. The van der Waals surface area contributed by atoms with E-state index in [1.165, 1.54) is 16.6 Å². The molecule has 2 aromatic rings. The predicted octanol–water partition coefficient (Wildman–Crippen LogP) is 6.46. The van der Waals surface area contributed by atoms with E-state index in [9.17, 15) is 0 Å². The Bertz CT molecular complexity index is 842. The zero-order valence-electron chi connectivity index (χ0n) is 20.7. The molecule has 0 saturated heterocycles. The normalized spacial score (nSPS) is 14.9. The third-order valence-electron chi connectivity index (χ3n) is 8.75. The Morgan fingerprint density at radius 3 is 1.75 bits per heavy atom. The summed E-state index contributed by atoms with van der Waals surface area (Å²) in [6, 6.07) is 8.74. The minimum atomic E-state index is -0.125. The van der Waals surface area contributed by atoms with Crippen molar-refractivity contribution in [1.82, 2.24) is 14.7 Å². The summed E-state index contributed by atoms with van der Waals surface area (Å²) in [7, 11) is 4.36. The molecule has 1 aromatic heterocycles. The van der Waals surface area contributed by atoms with Gasteiger partial charge in [0.15, 0.2) is 0 Å². The van der Waals surface area contributed by atoms with E-state index in [0.29, 0.717) is 0 Å². The van der Waals surface area contributed by atoms with Crippen LogP contribution in [0.2, 0.25) is 0 Å². The van der Waals surface area contributed by atoms with Crippen LogP contribution in [0.3, 0.4) is 0 Å². The first-order valence-corrected chi connectivity index (χ1v) is 10.6. The maximum absolute atomic E-state index is 5.34. The van der Waals surface area contributed by atoms with Crippen LogP contribution in [-0.2, 0) is 11.0 Å². The molecule has 28 heavy (non-hydrogen) atoms. The molecule has 0 amide bonds. The molecule has 1 aromatic carbocycles. The molecule has 0 atom stereocenters. The van der Waals surface area contributed by atoms with Crippen LogP contribution in [0.4, 0.5) is 0 Å². The van der Waals surface area contributed by atoms with Gasteiger partial charge in [0.2, 0.25) is 0 Å². The van der Waals surface area contributed by atoms with Gasteiger partial charge in [-0.1, -0.05) is 66.7 Å². The van der Waals surface area contributed by atoms with Crippen molar-refractivity contribution in [3.63, 3.8) is 0 Å². The highest BCUT2D eigenvalue weighted by atomic mass is 15.3. The molecule has 0 radical (unpaired) electrons. The molecule has 0 bridgehead atoms. The van der Waals surface area contributed by atoms with Gasteiger partial charge in [-0.05, 0) is 58.7 Å². The third kappa shape index (κ3) is 3.10. The van der Waals surface area contributed by atoms with Gasteiger partial charge in [-0.25, -0.2) is 0 Å². The summed E-state index contributed by atoms with van der Waals surface area (Å²) in [4.78, 5) is 2.34. The molecule has 1 heterocycles. The molecule has 2 rings (SSSR count). The molecule has 0 unspecified atom stereocenters. The average molecular weight is 386 g/mol. The van der Waals surface area contributed by atoms with Gasteiger partial charge in [-0.3, -0.25) is 4.68 Å². The van der Waals surface area contributed by atoms with E-state index in [0.717, 1.165) is 0 Å². The smallest absolute Gasteiger partial charge is 0.0765 e. The lowest BCUT2D eigenvalue weighted by atomic mass is 9.56. The average Bonchev–Trinajstić information content (AvgIpc) is 2.94. The van der Waals surface area contributed by atoms with Crippen LogP contribution < -0.4 is 0 Å². The molecule has 158 valence electrons. The Morgan fingerprint density at radius 1 is 0.786 bits per heavy atom. The van der Waals surface area contributed by atoms with E-state index in [1.807, 2.05) is 0 Å². The van der Waals surface area contributed by atoms with Crippen LogP contribution in [0.5, 0.6) is 0 Å². The van der Waals surface area contributed by atoms with E-state index in [1.54, 1.807) is 0 Å². The quantitative estimate of drug-likeness (QED) is 0.589. The Hall–Kier alpha value is -1.35. The zero-order chi connectivity index (χ0) is 21.9. The second-order valence-corrected chi connectivity index (χ2v) is 11.8. The number of nitrogens with zero attached hydrogens (tertiary/aromatic N) is 3. The molecule has 0 spiro atoms. The van der Waals surface area contributed by atoms with Gasteiger partial charge in [-0.2, -0.15) is 5.10 Å². The first-order valence-electron chi connectivity index (χ1n) is 10.6. The van der Waals surface area contributed by atoms with Crippen molar-refractivity contribution < 1.29 is 0 Å². The van der Waals surface area contributed by atoms with Crippen molar-refractivity contribution >= 4 is 10.9 Å². The van der Waals surface area contributed by atoms with E-state index in [4.69, 9.17) is 5.10 Å². The van der Waals surface area contributed by atoms with E-state index in [2.05, 4.69) is 124 Å². The van der Waals surface area contributed by atoms with Gasteiger partial charge in [-0.15, -0.1) is 0 Å². The number of hydrogen-bond donors (Lipinski definition) is 0. The highest BCUT2D eigenvalue weighted by Gasteiger charge is 2.52. The lowest BCUT2D eigenvalue weighted by molar-refractivity contribution is -0.00574. The Kier molecular flexibility index (Phi) is 5.39. The largest absolute Gasteiger partial charge is 0.304 e. The summed E-state index contributed by atoms with van der Waals surface area (Å²) in [5, 5.41) is 6.61. The van der Waals surface area contributed by atoms with Gasteiger partial charge in [0.05, 0.1) is 16.7 Å². The summed E-state index contributed by atoms with van der Waals surface area (Å²) < 4.78 is 2.28. The second-order valence-electron chi connectivity index (χ2n) is 11.8. The third-order valence-corrected chi connectivity index (χ3v) is 8.75. The summed E-state index contributed by atoms with van der Waals surface area (Å²) in [5.74, 6) is 0. The number of hydrogen-bond acceptors (Lipinski definition) is 2.